The fourth-order valence-electron chi connectivity index (χ4n) is 1.12. The van der Waals surface area contributed by atoms with E-state index in [1.807, 2.05) is 19.1 Å². The maximum Gasteiger partial charge on any atom is 0.328 e. The molecule has 74 valence electrons. The lowest BCUT2D eigenvalue weighted by molar-refractivity contribution is -0.131. The normalized spacial score (nSPS) is 10.4. The molecule has 0 fully saturated rings. The van der Waals surface area contributed by atoms with Crippen molar-refractivity contribution in [2.24, 2.45) is 0 Å². The topological polar surface area (TPSA) is 46.5 Å². The highest BCUT2D eigenvalue weighted by atomic mass is 16.5. The number of benzene rings is 1. The average molecular weight is 192 g/mol. The first-order valence-electron chi connectivity index (χ1n) is 4.19. The van der Waals surface area contributed by atoms with E-state index in [1.54, 1.807) is 19.3 Å². The molecule has 14 heavy (non-hydrogen) atoms. The van der Waals surface area contributed by atoms with Crippen LogP contribution in [0.4, 0.5) is 0 Å². The zero-order valence-corrected chi connectivity index (χ0v) is 8.15. The van der Waals surface area contributed by atoms with Crippen LogP contribution >= 0.6 is 0 Å². The minimum Gasteiger partial charge on any atom is -0.497 e. The predicted octanol–water partition coefficient (Wildman–Crippen LogP) is 2.10. The number of hydrogen-bond acceptors (Lipinski definition) is 2. The van der Waals surface area contributed by atoms with E-state index in [2.05, 4.69) is 0 Å². The van der Waals surface area contributed by atoms with Crippen LogP contribution in [-0.2, 0) is 4.79 Å². The van der Waals surface area contributed by atoms with Crippen molar-refractivity contribution < 1.29 is 14.6 Å². The van der Waals surface area contributed by atoms with Gasteiger partial charge in [0.05, 0.1) is 7.11 Å². The Hall–Kier alpha value is -1.77. The van der Waals surface area contributed by atoms with E-state index in [1.165, 1.54) is 0 Å². The molecule has 0 aliphatic carbocycles. The lowest BCUT2D eigenvalue weighted by atomic mass is 10.1. The van der Waals surface area contributed by atoms with Crippen LogP contribution in [0.15, 0.2) is 24.3 Å². The molecule has 1 N–H and O–H groups in total. The third-order valence-corrected chi connectivity index (χ3v) is 1.88. The van der Waals surface area contributed by atoms with Gasteiger partial charge in [-0.1, -0.05) is 6.07 Å². The van der Waals surface area contributed by atoms with Gasteiger partial charge in [-0.25, -0.2) is 4.79 Å². The number of aryl methyl sites for hydroxylation is 1. The molecule has 0 aliphatic rings. The van der Waals surface area contributed by atoms with Crippen molar-refractivity contribution in [2.45, 2.75) is 6.92 Å². The fraction of sp³-hybridized carbons (Fsp3) is 0.182. The van der Waals surface area contributed by atoms with Gasteiger partial charge < -0.3 is 9.84 Å². The van der Waals surface area contributed by atoms with Crippen molar-refractivity contribution in [3.63, 3.8) is 0 Å². The molecule has 0 radical (unpaired) electrons. The molecule has 0 amide bonds. The summed E-state index contributed by atoms with van der Waals surface area (Å²) in [6.45, 7) is 1.91. The minimum atomic E-state index is -0.944. The second-order valence-corrected chi connectivity index (χ2v) is 2.89. The molecule has 0 aliphatic heterocycles. The van der Waals surface area contributed by atoms with E-state index in [0.717, 1.165) is 23.0 Å². The van der Waals surface area contributed by atoms with Crippen LogP contribution in [0.25, 0.3) is 6.08 Å². The molecule has 0 spiro atoms. The zero-order chi connectivity index (χ0) is 10.6. The summed E-state index contributed by atoms with van der Waals surface area (Å²) in [5.74, 6) is -0.171. The highest BCUT2D eigenvalue weighted by Crippen LogP contribution is 2.17. The number of carbonyl (C=O) groups is 1. The lowest BCUT2D eigenvalue weighted by Gasteiger charge is -2.03. The van der Waals surface area contributed by atoms with E-state index in [4.69, 9.17) is 9.84 Å². The average Bonchev–Trinajstić information content (AvgIpc) is 2.15. The molecule has 0 heterocycles. The highest BCUT2D eigenvalue weighted by molar-refractivity contribution is 5.85. The van der Waals surface area contributed by atoms with Crippen molar-refractivity contribution in [1.29, 1.82) is 0 Å². The first-order valence-corrected chi connectivity index (χ1v) is 4.19. The smallest absolute Gasteiger partial charge is 0.328 e. The molecule has 3 nitrogen and oxygen atoms in total. The molecule has 1 aromatic carbocycles. The molecule has 1 aromatic rings. The fourth-order valence-corrected chi connectivity index (χ4v) is 1.12. The first kappa shape index (κ1) is 10.3. The van der Waals surface area contributed by atoms with Gasteiger partial charge in [0.25, 0.3) is 0 Å². The molecule has 0 unspecified atom stereocenters. The molecule has 1 rings (SSSR count). The number of aliphatic carboxylic acids is 1. The summed E-state index contributed by atoms with van der Waals surface area (Å²) in [5.41, 5.74) is 1.87. The van der Waals surface area contributed by atoms with Gasteiger partial charge in [-0.3, -0.25) is 0 Å². The Morgan fingerprint density at radius 3 is 2.71 bits per heavy atom. The van der Waals surface area contributed by atoms with Crippen LogP contribution in [0.2, 0.25) is 0 Å². The lowest BCUT2D eigenvalue weighted by Crippen LogP contribution is -1.88. The van der Waals surface area contributed by atoms with Crippen molar-refractivity contribution >= 4 is 12.0 Å². The molecular weight excluding hydrogens is 180 g/mol. The van der Waals surface area contributed by atoms with Crippen LogP contribution in [0.1, 0.15) is 11.1 Å². The predicted molar refractivity (Wildman–Crippen MR) is 54.4 cm³/mol. The van der Waals surface area contributed by atoms with E-state index < -0.39 is 5.97 Å². The summed E-state index contributed by atoms with van der Waals surface area (Å²) in [7, 11) is 1.60. The second-order valence-electron chi connectivity index (χ2n) is 2.89. The minimum absolute atomic E-state index is 0.773. The molecular formula is C11H12O3. The van der Waals surface area contributed by atoms with Crippen molar-refractivity contribution in [2.75, 3.05) is 7.11 Å². The van der Waals surface area contributed by atoms with Gasteiger partial charge in [-0.2, -0.15) is 0 Å². The van der Waals surface area contributed by atoms with E-state index in [-0.39, 0.29) is 0 Å². The summed E-state index contributed by atoms with van der Waals surface area (Å²) < 4.78 is 5.04. The maximum absolute atomic E-state index is 10.3. The molecule has 3 heteroatoms. The third-order valence-electron chi connectivity index (χ3n) is 1.88. The quantitative estimate of drug-likeness (QED) is 0.746. The van der Waals surface area contributed by atoms with Crippen molar-refractivity contribution in [3.05, 3.63) is 35.4 Å². The van der Waals surface area contributed by atoms with Crippen LogP contribution in [0.3, 0.4) is 0 Å². The summed E-state index contributed by atoms with van der Waals surface area (Å²) in [4.78, 5) is 10.3. The van der Waals surface area contributed by atoms with Crippen LogP contribution in [0, 0.1) is 6.92 Å². The number of hydrogen-bond donors (Lipinski definition) is 1. The van der Waals surface area contributed by atoms with Gasteiger partial charge >= 0.3 is 5.97 Å². The number of ether oxygens (including phenoxy) is 1. The summed E-state index contributed by atoms with van der Waals surface area (Å²) >= 11 is 0. The van der Waals surface area contributed by atoms with Gasteiger partial charge in [-0.05, 0) is 36.3 Å². The molecule has 0 bridgehead atoms. The van der Waals surface area contributed by atoms with E-state index in [0.29, 0.717) is 0 Å². The van der Waals surface area contributed by atoms with Crippen LogP contribution in [-0.4, -0.2) is 18.2 Å². The molecule has 0 saturated heterocycles. The van der Waals surface area contributed by atoms with Gasteiger partial charge in [0.1, 0.15) is 5.75 Å². The Balaban J connectivity index is 2.94. The second kappa shape index (κ2) is 4.46. The third kappa shape index (κ3) is 2.62. The number of rotatable bonds is 3. The molecule has 0 atom stereocenters. The highest BCUT2D eigenvalue weighted by Gasteiger charge is 1.97. The van der Waals surface area contributed by atoms with Gasteiger partial charge in [-0.15, -0.1) is 0 Å². The summed E-state index contributed by atoms with van der Waals surface area (Å²) in [5, 5.41) is 8.45. The van der Waals surface area contributed by atoms with Gasteiger partial charge in [0, 0.05) is 6.08 Å². The molecule has 0 saturated carbocycles. The van der Waals surface area contributed by atoms with Crippen LogP contribution in [0.5, 0.6) is 5.75 Å². The van der Waals surface area contributed by atoms with E-state index in [9.17, 15) is 4.79 Å². The number of carboxylic acid groups (broad SMARTS) is 1. The number of carboxylic acids is 1. The maximum atomic E-state index is 10.3. The molecule has 0 aromatic heterocycles. The number of methoxy groups -OCH3 is 1. The van der Waals surface area contributed by atoms with Crippen LogP contribution < -0.4 is 4.74 Å². The largest absolute Gasteiger partial charge is 0.497 e. The van der Waals surface area contributed by atoms with Crippen molar-refractivity contribution in [3.8, 4) is 5.75 Å². The Morgan fingerprint density at radius 2 is 2.21 bits per heavy atom. The van der Waals surface area contributed by atoms with Gasteiger partial charge in [0.15, 0.2) is 0 Å². The van der Waals surface area contributed by atoms with Crippen molar-refractivity contribution in [1.82, 2.24) is 0 Å². The Kier molecular flexibility index (Phi) is 3.29. The monoisotopic (exact) mass is 192 g/mol. The Bertz CT molecular complexity index is 367. The Morgan fingerprint density at radius 1 is 1.50 bits per heavy atom. The summed E-state index contributed by atoms with van der Waals surface area (Å²) in [6.07, 6.45) is 2.69. The SMILES string of the molecule is COc1ccc(/C=C/C(=O)O)c(C)c1. The first-order chi connectivity index (χ1) is 6.63. The zero-order valence-electron chi connectivity index (χ0n) is 8.15. The standard InChI is InChI=1S/C11H12O3/c1-8-7-10(14-2)5-3-9(8)4-6-11(12)13/h3-7H,1-2H3,(H,12,13)/b6-4+. The summed E-state index contributed by atoms with van der Waals surface area (Å²) in [6, 6.07) is 5.49. The van der Waals surface area contributed by atoms with E-state index >= 15 is 0 Å². The van der Waals surface area contributed by atoms with Gasteiger partial charge in [0.2, 0.25) is 0 Å². The Labute approximate surface area is 82.6 Å².